The van der Waals surface area contributed by atoms with E-state index in [0.717, 1.165) is 5.56 Å². The van der Waals surface area contributed by atoms with E-state index >= 15 is 0 Å². The zero-order chi connectivity index (χ0) is 14.5. The van der Waals surface area contributed by atoms with E-state index in [1.54, 1.807) is 6.07 Å². The molecular weight excluding hydrogens is 281 g/mol. The number of nitrogens with two attached hydrogens (primary N) is 1. The molecule has 0 radical (unpaired) electrons. The maximum atomic E-state index is 12.9. The molecule has 0 spiro atoms. The fourth-order valence-electron chi connectivity index (χ4n) is 1.66. The van der Waals surface area contributed by atoms with Crippen LogP contribution >= 0.6 is 11.6 Å². The Bertz CT molecular complexity index is 604. The first-order valence-corrected chi connectivity index (χ1v) is 6.51. The highest BCUT2D eigenvalue weighted by Gasteiger charge is 2.04. The summed E-state index contributed by atoms with van der Waals surface area (Å²) in [6.07, 6.45) is 0. The van der Waals surface area contributed by atoms with Gasteiger partial charge in [-0.2, -0.15) is 0 Å². The second kappa shape index (κ2) is 6.48. The molecule has 0 bridgehead atoms. The van der Waals surface area contributed by atoms with Crippen LogP contribution in [0.3, 0.4) is 0 Å². The Morgan fingerprint density at radius 3 is 2.45 bits per heavy atom. The van der Waals surface area contributed by atoms with Crippen molar-refractivity contribution in [1.29, 1.82) is 0 Å². The van der Waals surface area contributed by atoms with Crippen LogP contribution in [0.5, 0.6) is 11.5 Å². The minimum absolute atomic E-state index is 0.236. The Labute approximate surface area is 122 Å². The zero-order valence-corrected chi connectivity index (χ0v) is 11.8. The smallest absolute Gasteiger partial charge is 0.142 e. The van der Waals surface area contributed by atoms with Crippen LogP contribution in [0.2, 0.25) is 5.02 Å². The van der Waals surface area contributed by atoms with Gasteiger partial charge < -0.3 is 15.2 Å². The molecule has 0 heterocycles. The van der Waals surface area contributed by atoms with Gasteiger partial charge >= 0.3 is 0 Å². The van der Waals surface area contributed by atoms with E-state index in [1.807, 2.05) is 19.1 Å². The average Bonchev–Trinajstić information content (AvgIpc) is 2.40. The number of rotatable bonds is 5. The van der Waals surface area contributed by atoms with Gasteiger partial charge in [-0.25, -0.2) is 4.39 Å². The first-order valence-electron chi connectivity index (χ1n) is 6.13. The predicted octanol–water partition coefficient (Wildman–Crippen LogP) is 3.83. The van der Waals surface area contributed by atoms with Gasteiger partial charge in [0.2, 0.25) is 0 Å². The lowest BCUT2D eigenvalue weighted by Gasteiger charge is -2.11. The van der Waals surface area contributed by atoms with E-state index in [-0.39, 0.29) is 5.02 Å². The van der Waals surface area contributed by atoms with Crippen molar-refractivity contribution in [2.24, 2.45) is 0 Å². The summed E-state index contributed by atoms with van der Waals surface area (Å²) >= 11 is 5.85. The second-order valence-electron chi connectivity index (χ2n) is 4.31. The minimum atomic E-state index is -0.397. The van der Waals surface area contributed by atoms with Crippen molar-refractivity contribution >= 4 is 17.3 Å². The Kier molecular flexibility index (Phi) is 4.69. The Morgan fingerprint density at radius 2 is 1.75 bits per heavy atom. The monoisotopic (exact) mass is 295 g/mol. The molecule has 3 nitrogen and oxygen atoms in total. The number of anilines is 1. The van der Waals surface area contributed by atoms with Crippen molar-refractivity contribution in [3.05, 3.63) is 52.8 Å². The minimum Gasteiger partial charge on any atom is -0.488 e. The van der Waals surface area contributed by atoms with Gasteiger partial charge in [-0.15, -0.1) is 0 Å². The van der Waals surface area contributed by atoms with Crippen molar-refractivity contribution in [2.45, 2.75) is 6.92 Å². The molecule has 0 saturated carbocycles. The van der Waals surface area contributed by atoms with E-state index < -0.39 is 5.82 Å². The normalized spacial score (nSPS) is 10.3. The molecule has 2 rings (SSSR count). The molecule has 0 atom stereocenters. The fraction of sp³-hybridized carbons (Fsp3) is 0.200. The van der Waals surface area contributed by atoms with E-state index in [1.165, 1.54) is 18.2 Å². The number of hydrogen-bond acceptors (Lipinski definition) is 3. The van der Waals surface area contributed by atoms with Gasteiger partial charge in [0, 0.05) is 0 Å². The summed E-state index contributed by atoms with van der Waals surface area (Å²) in [5, 5.41) is 0.236. The van der Waals surface area contributed by atoms with Crippen LogP contribution in [-0.2, 0) is 0 Å². The lowest BCUT2D eigenvalue weighted by Crippen LogP contribution is -2.10. The van der Waals surface area contributed by atoms with Crippen molar-refractivity contribution in [3.8, 4) is 11.5 Å². The standard InChI is InChI=1S/C15H15ClFNO2/c1-10-2-4-13(18)15(8-10)20-7-6-19-14-5-3-11(17)9-12(14)16/h2-5,8-9H,6-7,18H2,1H3. The summed E-state index contributed by atoms with van der Waals surface area (Å²) in [5.41, 5.74) is 7.44. The van der Waals surface area contributed by atoms with Crippen LogP contribution in [-0.4, -0.2) is 13.2 Å². The number of hydrogen-bond donors (Lipinski definition) is 1. The molecule has 0 aromatic heterocycles. The highest BCUT2D eigenvalue weighted by molar-refractivity contribution is 6.32. The van der Waals surface area contributed by atoms with Crippen molar-refractivity contribution in [2.75, 3.05) is 18.9 Å². The van der Waals surface area contributed by atoms with Gasteiger partial charge in [0.15, 0.2) is 0 Å². The lowest BCUT2D eigenvalue weighted by atomic mass is 10.2. The quantitative estimate of drug-likeness (QED) is 0.673. The molecule has 0 unspecified atom stereocenters. The maximum Gasteiger partial charge on any atom is 0.142 e. The lowest BCUT2D eigenvalue weighted by molar-refractivity contribution is 0.218. The largest absolute Gasteiger partial charge is 0.488 e. The van der Waals surface area contributed by atoms with Crippen LogP contribution in [0.1, 0.15) is 5.56 Å². The van der Waals surface area contributed by atoms with Crippen LogP contribution in [0.4, 0.5) is 10.1 Å². The second-order valence-corrected chi connectivity index (χ2v) is 4.72. The molecule has 2 N–H and O–H groups in total. The van der Waals surface area contributed by atoms with Crippen LogP contribution in [0, 0.1) is 12.7 Å². The molecule has 2 aromatic rings. The van der Waals surface area contributed by atoms with E-state index in [9.17, 15) is 4.39 Å². The van der Waals surface area contributed by atoms with Crippen LogP contribution in [0.15, 0.2) is 36.4 Å². The van der Waals surface area contributed by atoms with Crippen LogP contribution < -0.4 is 15.2 Å². The number of nitrogen functional groups attached to an aromatic ring is 1. The molecule has 20 heavy (non-hydrogen) atoms. The Morgan fingerprint density at radius 1 is 1.05 bits per heavy atom. The van der Waals surface area contributed by atoms with E-state index in [0.29, 0.717) is 30.4 Å². The molecule has 0 amide bonds. The van der Waals surface area contributed by atoms with Crippen LogP contribution in [0.25, 0.3) is 0 Å². The van der Waals surface area contributed by atoms with Crippen molar-refractivity contribution < 1.29 is 13.9 Å². The predicted molar refractivity (Wildman–Crippen MR) is 78.0 cm³/mol. The molecule has 0 aliphatic heterocycles. The summed E-state index contributed by atoms with van der Waals surface area (Å²) in [6, 6.07) is 9.55. The van der Waals surface area contributed by atoms with E-state index in [4.69, 9.17) is 26.8 Å². The van der Waals surface area contributed by atoms with Gasteiger partial charge in [0.1, 0.15) is 30.5 Å². The summed E-state index contributed by atoms with van der Waals surface area (Å²) in [7, 11) is 0. The van der Waals surface area contributed by atoms with E-state index in [2.05, 4.69) is 0 Å². The zero-order valence-electron chi connectivity index (χ0n) is 11.0. The van der Waals surface area contributed by atoms with Gasteiger partial charge in [0.25, 0.3) is 0 Å². The first-order chi connectivity index (χ1) is 9.56. The van der Waals surface area contributed by atoms with Gasteiger partial charge in [-0.05, 0) is 42.8 Å². The highest BCUT2D eigenvalue weighted by Crippen LogP contribution is 2.25. The van der Waals surface area contributed by atoms with Gasteiger partial charge in [-0.1, -0.05) is 17.7 Å². The van der Waals surface area contributed by atoms with Gasteiger partial charge in [0.05, 0.1) is 10.7 Å². The molecule has 5 heteroatoms. The summed E-state index contributed by atoms with van der Waals surface area (Å²) in [4.78, 5) is 0. The number of ether oxygens (including phenoxy) is 2. The molecule has 0 fully saturated rings. The SMILES string of the molecule is Cc1ccc(N)c(OCCOc2ccc(F)cc2Cl)c1. The molecule has 0 saturated heterocycles. The molecular formula is C15H15ClFNO2. The number of benzene rings is 2. The number of aryl methyl sites for hydroxylation is 1. The third-order valence-corrected chi connectivity index (χ3v) is 2.96. The summed E-state index contributed by atoms with van der Waals surface area (Å²) in [6.45, 7) is 2.57. The highest BCUT2D eigenvalue weighted by atomic mass is 35.5. The van der Waals surface area contributed by atoms with Crippen molar-refractivity contribution in [3.63, 3.8) is 0 Å². The molecule has 2 aromatic carbocycles. The van der Waals surface area contributed by atoms with Gasteiger partial charge in [-0.3, -0.25) is 0 Å². The topological polar surface area (TPSA) is 44.5 Å². The summed E-state index contributed by atoms with van der Waals surface area (Å²) in [5.74, 6) is 0.652. The molecule has 106 valence electrons. The fourth-order valence-corrected chi connectivity index (χ4v) is 1.88. The molecule has 0 aliphatic carbocycles. The third kappa shape index (κ3) is 3.78. The first kappa shape index (κ1) is 14.5. The third-order valence-electron chi connectivity index (χ3n) is 2.66. The number of halogens is 2. The van der Waals surface area contributed by atoms with Crippen molar-refractivity contribution in [1.82, 2.24) is 0 Å². The Hall–Kier alpha value is -1.94. The molecule has 0 aliphatic rings. The maximum absolute atomic E-state index is 12.9. The average molecular weight is 296 g/mol. The summed E-state index contributed by atoms with van der Waals surface area (Å²) < 4.78 is 23.8. The Balaban J connectivity index is 1.86.